The Bertz CT molecular complexity index is 786. The van der Waals surface area contributed by atoms with Gasteiger partial charge >= 0.3 is 0 Å². The van der Waals surface area contributed by atoms with E-state index in [1.165, 1.54) is 16.7 Å². The lowest BCUT2D eigenvalue weighted by molar-refractivity contribution is -0.917. The molecule has 4 rings (SSSR count). The van der Waals surface area contributed by atoms with E-state index in [4.69, 9.17) is 9.47 Å². The van der Waals surface area contributed by atoms with Gasteiger partial charge in [0.05, 0.1) is 38.8 Å². The van der Waals surface area contributed by atoms with Crippen LogP contribution in [0.3, 0.4) is 0 Å². The number of ether oxygens (including phenoxy) is 2. The quantitative estimate of drug-likeness (QED) is 0.549. The number of hydrogen-bond acceptors (Lipinski definition) is 3. The Hall–Kier alpha value is -1.30. The fourth-order valence-corrected chi connectivity index (χ4v) is 4.84. The Morgan fingerprint density at radius 1 is 1.41 bits per heavy atom. The predicted molar refractivity (Wildman–Crippen MR) is 103 cm³/mol. The van der Waals surface area contributed by atoms with Gasteiger partial charge in [0.15, 0.2) is 11.5 Å². The second kappa shape index (κ2) is 7.26. The van der Waals surface area contributed by atoms with Crippen LogP contribution in [0.2, 0.25) is 0 Å². The van der Waals surface area contributed by atoms with Gasteiger partial charge in [0, 0.05) is 24.0 Å². The van der Waals surface area contributed by atoms with Gasteiger partial charge in [0.1, 0.15) is 12.6 Å². The molecule has 4 atom stereocenters. The summed E-state index contributed by atoms with van der Waals surface area (Å²) in [6.45, 7) is 7.45. The summed E-state index contributed by atoms with van der Waals surface area (Å²) in [6, 6.07) is 4.25. The van der Waals surface area contributed by atoms with Gasteiger partial charge < -0.3 is 36.0 Å². The lowest BCUT2D eigenvalue weighted by Gasteiger charge is -2.37. The first-order valence-corrected chi connectivity index (χ1v) is 9.58. The summed E-state index contributed by atoms with van der Waals surface area (Å²) in [5, 5.41) is 10.2. The number of benzene rings is 1. The van der Waals surface area contributed by atoms with Crippen LogP contribution in [0.1, 0.15) is 37.8 Å². The zero-order valence-corrected chi connectivity index (χ0v) is 18.3. The minimum atomic E-state index is -0.427. The molecule has 3 unspecified atom stereocenters. The topological polar surface area (TPSA) is 38.7 Å². The monoisotopic (exact) mass is 435 g/mol. The Morgan fingerprint density at radius 2 is 2.19 bits per heavy atom. The van der Waals surface area contributed by atoms with E-state index in [1.54, 1.807) is 7.11 Å². The van der Waals surface area contributed by atoms with Crippen LogP contribution in [-0.4, -0.2) is 49.0 Å². The summed E-state index contributed by atoms with van der Waals surface area (Å²) in [4.78, 5) is 0. The molecular weight excluding hydrogens is 406 g/mol. The van der Waals surface area contributed by atoms with Crippen molar-refractivity contribution >= 4 is 0 Å². The minimum absolute atomic E-state index is 0. The number of methoxy groups -OCH3 is 1. The summed E-state index contributed by atoms with van der Waals surface area (Å²) < 4.78 is 13.0. The van der Waals surface area contributed by atoms with Crippen molar-refractivity contribution in [1.29, 1.82) is 0 Å². The highest BCUT2D eigenvalue weighted by Gasteiger charge is 2.54. The van der Waals surface area contributed by atoms with E-state index in [9.17, 15) is 5.11 Å². The van der Waals surface area contributed by atoms with Gasteiger partial charge in [-0.05, 0) is 32.1 Å². The molecule has 1 aliphatic carbocycles. The molecule has 2 aliphatic heterocycles. The van der Waals surface area contributed by atoms with E-state index in [0.29, 0.717) is 6.42 Å². The second-order valence-electron chi connectivity index (χ2n) is 8.66. The van der Waals surface area contributed by atoms with E-state index in [-0.39, 0.29) is 28.5 Å². The highest BCUT2D eigenvalue weighted by atomic mass is 79.9. The van der Waals surface area contributed by atoms with Gasteiger partial charge in [-0.2, -0.15) is 0 Å². The Balaban J connectivity index is 0.00000210. The molecule has 0 saturated heterocycles. The third kappa shape index (κ3) is 3.34. The van der Waals surface area contributed by atoms with Crippen LogP contribution in [-0.2, 0) is 12.0 Å². The van der Waals surface area contributed by atoms with Crippen LogP contribution in [0.25, 0.3) is 0 Å². The van der Waals surface area contributed by atoms with Crippen LogP contribution in [0.5, 0.6) is 11.5 Å². The molecule has 2 heterocycles. The van der Waals surface area contributed by atoms with E-state index < -0.39 is 6.10 Å². The molecule has 5 heteroatoms. The summed E-state index contributed by atoms with van der Waals surface area (Å²) in [7, 11) is 4.05. The van der Waals surface area contributed by atoms with Crippen molar-refractivity contribution in [2.45, 2.75) is 50.9 Å². The fourth-order valence-electron chi connectivity index (χ4n) is 4.84. The summed E-state index contributed by atoms with van der Waals surface area (Å²) in [5.74, 6) is 1.70. The fraction of sp³-hybridized carbons (Fsp3) is 0.545. The number of aliphatic hydroxyl groups is 1. The lowest BCUT2D eigenvalue weighted by Crippen LogP contribution is -3.00. The molecule has 1 N–H and O–H groups in total. The number of aliphatic hydroxyl groups excluding tert-OH is 1. The number of quaternary nitrogens is 1. The molecule has 0 radical (unpaired) electrons. The van der Waals surface area contributed by atoms with Crippen LogP contribution in [0.15, 0.2) is 35.9 Å². The van der Waals surface area contributed by atoms with Crippen molar-refractivity contribution in [3.8, 4) is 11.5 Å². The predicted octanol–water partition coefficient (Wildman–Crippen LogP) is 0.335. The Morgan fingerprint density at radius 3 is 2.89 bits per heavy atom. The largest absolute Gasteiger partial charge is 1.00 e. The number of halogens is 1. The van der Waals surface area contributed by atoms with Crippen LogP contribution in [0.4, 0.5) is 0 Å². The maximum Gasteiger partial charge on any atom is 0.166 e. The first-order chi connectivity index (χ1) is 12.4. The molecule has 0 bridgehead atoms. The van der Waals surface area contributed by atoms with Crippen molar-refractivity contribution in [1.82, 2.24) is 0 Å². The van der Waals surface area contributed by atoms with E-state index in [0.717, 1.165) is 42.0 Å². The van der Waals surface area contributed by atoms with Gasteiger partial charge in [0.25, 0.3) is 0 Å². The highest BCUT2D eigenvalue weighted by Crippen LogP contribution is 2.56. The number of hydrogen-bond donors (Lipinski definition) is 1. The van der Waals surface area contributed by atoms with Crippen molar-refractivity contribution in [2.24, 2.45) is 0 Å². The first-order valence-electron chi connectivity index (χ1n) is 9.58. The van der Waals surface area contributed by atoms with E-state index in [2.05, 4.69) is 39.1 Å². The third-order valence-electron chi connectivity index (χ3n) is 6.36. The normalized spacial score (nSPS) is 33.1. The molecule has 4 nitrogen and oxygen atoms in total. The molecular formula is C22H30BrNO3. The van der Waals surface area contributed by atoms with E-state index >= 15 is 0 Å². The molecule has 0 saturated carbocycles. The van der Waals surface area contributed by atoms with Crippen molar-refractivity contribution in [3.63, 3.8) is 0 Å². The van der Waals surface area contributed by atoms with Gasteiger partial charge in [-0.25, -0.2) is 0 Å². The van der Waals surface area contributed by atoms with E-state index in [1.807, 2.05) is 12.1 Å². The molecule has 0 aromatic heterocycles. The number of rotatable bonds is 3. The third-order valence-corrected chi connectivity index (χ3v) is 6.36. The van der Waals surface area contributed by atoms with Gasteiger partial charge in [-0.3, -0.25) is 0 Å². The highest BCUT2D eigenvalue weighted by molar-refractivity contribution is 5.60. The average molecular weight is 436 g/mol. The standard InChI is InChI=1S/C22H30NO3.BrH/c1-15(2)8-11-23(3)12-10-22-9-7-17(24)13-19(22)26-21-18(25-4)6-5-16(14-23)20(21)22;/h5-9,17,19,24H,10-14H2,1-4H3;1H/q+1;/p-1/t17?,19-,22?,23?;/m1./s1. The van der Waals surface area contributed by atoms with Crippen LogP contribution in [0, 0.1) is 0 Å². The van der Waals surface area contributed by atoms with Crippen LogP contribution >= 0.6 is 0 Å². The molecule has 1 spiro atoms. The average Bonchev–Trinajstić information content (AvgIpc) is 2.87. The van der Waals surface area contributed by atoms with Gasteiger partial charge in [-0.1, -0.05) is 17.7 Å². The molecule has 0 fully saturated rings. The zero-order chi connectivity index (χ0) is 18.5. The summed E-state index contributed by atoms with van der Waals surface area (Å²) >= 11 is 0. The first kappa shape index (κ1) is 20.4. The molecule has 1 aromatic rings. The van der Waals surface area contributed by atoms with Crippen molar-refractivity contribution in [2.75, 3.05) is 27.2 Å². The number of allylic oxidation sites excluding steroid dienone is 1. The van der Waals surface area contributed by atoms with Gasteiger partial charge in [0.2, 0.25) is 0 Å². The van der Waals surface area contributed by atoms with Gasteiger partial charge in [-0.15, -0.1) is 0 Å². The van der Waals surface area contributed by atoms with Crippen LogP contribution < -0.4 is 26.5 Å². The molecule has 1 aromatic carbocycles. The number of nitrogens with zero attached hydrogens (tertiary/aromatic N) is 1. The maximum atomic E-state index is 10.2. The minimum Gasteiger partial charge on any atom is -1.00 e. The molecule has 0 amide bonds. The number of likely N-dealkylation sites (N-methyl/N-ethyl adjacent to an activating group) is 1. The lowest BCUT2D eigenvalue weighted by atomic mass is 9.69. The summed E-state index contributed by atoms with van der Waals surface area (Å²) in [5.41, 5.74) is 3.88. The SMILES string of the molecule is COc1ccc2c3c1O[C@@H]1CC(O)C=CC31CC[N+](C)(CC=C(C)C)C2.[Br-]. The zero-order valence-electron chi connectivity index (χ0n) is 16.7. The molecule has 27 heavy (non-hydrogen) atoms. The summed E-state index contributed by atoms with van der Waals surface area (Å²) in [6.07, 6.45) is 7.77. The molecule has 3 aliphatic rings. The Kier molecular flexibility index (Phi) is 5.50. The smallest absolute Gasteiger partial charge is 0.166 e. The maximum absolute atomic E-state index is 10.2. The Labute approximate surface area is 172 Å². The van der Waals surface area contributed by atoms with Crippen molar-refractivity contribution < 1.29 is 36.0 Å². The molecule has 148 valence electrons. The van der Waals surface area contributed by atoms with Crippen molar-refractivity contribution in [3.05, 3.63) is 47.1 Å². The second-order valence-corrected chi connectivity index (χ2v) is 8.66.